The number of carboxylic acids is 1. The van der Waals surface area contributed by atoms with E-state index < -0.39 is 18.9 Å². The van der Waals surface area contributed by atoms with Gasteiger partial charge in [0.25, 0.3) is 0 Å². The van der Waals surface area contributed by atoms with Gasteiger partial charge in [-0.25, -0.2) is 4.79 Å². The summed E-state index contributed by atoms with van der Waals surface area (Å²) >= 11 is 6.10. The predicted octanol–water partition coefficient (Wildman–Crippen LogP) is 3.98. The van der Waals surface area contributed by atoms with Crippen molar-refractivity contribution in [1.29, 1.82) is 0 Å². The SMILES string of the molecule is CC1CN(Cc2cc(Cl)ccc2OCC(=O)O)CCN1C(=O)Cc1ccc(OC(F)(F)F)cc1. The van der Waals surface area contributed by atoms with Gasteiger partial charge in [-0.05, 0) is 42.8 Å². The Morgan fingerprint density at radius 3 is 2.47 bits per heavy atom. The first-order valence-electron chi connectivity index (χ1n) is 10.5. The van der Waals surface area contributed by atoms with Gasteiger partial charge in [0.15, 0.2) is 6.61 Å². The van der Waals surface area contributed by atoms with Crippen LogP contribution in [0.15, 0.2) is 42.5 Å². The van der Waals surface area contributed by atoms with Crippen LogP contribution in [0.2, 0.25) is 5.02 Å². The fraction of sp³-hybridized carbons (Fsp3) is 0.391. The zero-order chi connectivity index (χ0) is 24.9. The Kier molecular flexibility index (Phi) is 8.27. The van der Waals surface area contributed by atoms with Gasteiger partial charge < -0.3 is 19.5 Å². The molecular weight excluding hydrogens is 477 g/mol. The van der Waals surface area contributed by atoms with Gasteiger partial charge in [-0.3, -0.25) is 9.69 Å². The molecule has 7 nitrogen and oxygen atoms in total. The number of piperazine rings is 1. The molecule has 3 rings (SSSR count). The number of carbonyl (C=O) groups excluding carboxylic acids is 1. The molecule has 0 radical (unpaired) electrons. The lowest BCUT2D eigenvalue weighted by molar-refractivity contribution is -0.274. The smallest absolute Gasteiger partial charge is 0.482 e. The number of ether oxygens (including phenoxy) is 2. The summed E-state index contributed by atoms with van der Waals surface area (Å²) < 4.78 is 46.1. The second-order valence-corrected chi connectivity index (χ2v) is 8.41. The zero-order valence-electron chi connectivity index (χ0n) is 18.3. The fourth-order valence-corrected chi connectivity index (χ4v) is 4.02. The van der Waals surface area contributed by atoms with Gasteiger partial charge in [0.1, 0.15) is 11.5 Å². The number of alkyl halides is 3. The minimum absolute atomic E-state index is 0.0676. The Bertz CT molecular complexity index is 1020. The minimum Gasteiger partial charge on any atom is -0.482 e. The van der Waals surface area contributed by atoms with Gasteiger partial charge in [-0.15, -0.1) is 13.2 Å². The van der Waals surface area contributed by atoms with Gasteiger partial charge in [-0.2, -0.15) is 0 Å². The number of carboxylic acid groups (broad SMARTS) is 1. The Hall–Kier alpha value is -2.98. The van der Waals surface area contributed by atoms with E-state index in [0.29, 0.717) is 42.5 Å². The lowest BCUT2D eigenvalue weighted by Gasteiger charge is -2.40. The Labute approximate surface area is 199 Å². The molecule has 0 aromatic heterocycles. The third-order valence-electron chi connectivity index (χ3n) is 5.31. The molecule has 34 heavy (non-hydrogen) atoms. The summed E-state index contributed by atoms with van der Waals surface area (Å²) in [6.07, 6.45) is -4.70. The van der Waals surface area contributed by atoms with E-state index in [9.17, 15) is 22.8 Å². The van der Waals surface area contributed by atoms with Gasteiger partial charge >= 0.3 is 12.3 Å². The molecule has 1 aliphatic heterocycles. The maximum absolute atomic E-state index is 12.8. The van der Waals surface area contributed by atoms with Crippen molar-refractivity contribution in [2.45, 2.75) is 32.3 Å². The Balaban J connectivity index is 1.57. The molecule has 1 fully saturated rings. The molecule has 1 saturated heterocycles. The van der Waals surface area contributed by atoms with Crippen LogP contribution in [0.1, 0.15) is 18.1 Å². The molecule has 0 aliphatic carbocycles. The lowest BCUT2D eigenvalue weighted by Crippen LogP contribution is -2.54. The Morgan fingerprint density at radius 1 is 1.15 bits per heavy atom. The summed E-state index contributed by atoms with van der Waals surface area (Å²) in [6, 6.07) is 10.1. The summed E-state index contributed by atoms with van der Waals surface area (Å²) in [5.74, 6) is -1.09. The van der Waals surface area contributed by atoms with Crippen LogP contribution in [0.4, 0.5) is 13.2 Å². The van der Waals surface area contributed by atoms with Crippen LogP contribution in [-0.2, 0) is 22.6 Å². The summed E-state index contributed by atoms with van der Waals surface area (Å²) in [5, 5.41) is 9.38. The second kappa shape index (κ2) is 11.0. The quantitative estimate of drug-likeness (QED) is 0.591. The first kappa shape index (κ1) is 25.6. The monoisotopic (exact) mass is 500 g/mol. The van der Waals surface area contributed by atoms with Gasteiger partial charge in [0.2, 0.25) is 5.91 Å². The van der Waals surface area contributed by atoms with E-state index in [-0.39, 0.29) is 24.1 Å². The highest BCUT2D eigenvalue weighted by atomic mass is 35.5. The number of nitrogens with zero attached hydrogens (tertiary/aromatic N) is 2. The lowest BCUT2D eigenvalue weighted by atomic mass is 10.1. The van der Waals surface area contributed by atoms with Crippen molar-refractivity contribution in [2.75, 3.05) is 26.2 Å². The number of amides is 1. The molecule has 2 aromatic carbocycles. The molecule has 1 atom stereocenters. The van der Waals surface area contributed by atoms with E-state index >= 15 is 0 Å². The van der Waals surface area contributed by atoms with Crippen molar-refractivity contribution in [1.82, 2.24) is 9.80 Å². The molecule has 1 heterocycles. The molecule has 11 heteroatoms. The maximum atomic E-state index is 12.8. The Morgan fingerprint density at radius 2 is 1.85 bits per heavy atom. The molecular formula is C23H24ClF3N2O5. The summed E-state index contributed by atoms with van der Waals surface area (Å²) in [5.41, 5.74) is 1.34. The second-order valence-electron chi connectivity index (χ2n) is 7.97. The van der Waals surface area contributed by atoms with E-state index in [1.165, 1.54) is 24.3 Å². The molecule has 1 amide bonds. The van der Waals surface area contributed by atoms with Crippen molar-refractivity contribution < 1.29 is 37.3 Å². The number of benzene rings is 2. The highest BCUT2D eigenvalue weighted by Gasteiger charge is 2.31. The number of hydrogen-bond donors (Lipinski definition) is 1. The van der Waals surface area contributed by atoms with E-state index in [1.807, 2.05) is 6.92 Å². The van der Waals surface area contributed by atoms with Gasteiger partial charge in [-0.1, -0.05) is 23.7 Å². The van der Waals surface area contributed by atoms with E-state index in [4.69, 9.17) is 21.4 Å². The molecule has 2 aromatic rings. The number of hydrogen-bond acceptors (Lipinski definition) is 5. The standard InChI is InChI=1S/C23H24ClF3N2O5/c1-15-12-28(13-17-11-18(24)4-7-20(17)33-14-22(31)32)8-9-29(15)21(30)10-16-2-5-19(6-3-16)34-23(25,26)27/h2-7,11,15H,8-10,12-14H2,1H3,(H,31,32). The topological polar surface area (TPSA) is 79.3 Å². The van der Waals surface area contributed by atoms with Crippen LogP contribution in [0, 0.1) is 0 Å². The molecule has 0 saturated carbocycles. The van der Waals surface area contributed by atoms with Crippen molar-refractivity contribution >= 4 is 23.5 Å². The minimum atomic E-state index is -4.76. The van der Waals surface area contributed by atoms with Crippen molar-refractivity contribution in [2.24, 2.45) is 0 Å². The van der Waals surface area contributed by atoms with E-state index in [2.05, 4.69) is 9.64 Å². The van der Waals surface area contributed by atoms with Gasteiger partial charge in [0, 0.05) is 42.8 Å². The van der Waals surface area contributed by atoms with Crippen molar-refractivity contribution in [3.05, 3.63) is 58.6 Å². The van der Waals surface area contributed by atoms with Crippen molar-refractivity contribution in [3.8, 4) is 11.5 Å². The molecule has 1 N–H and O–H groups in total. The number of rotatable bonds is 8. The number of aliphatic carboxylic acids is 1. The summed E-state index contributed by atoms with van der Waals surface area (Å²) in [6.45, 7) is 3.57. The van der Waals surface area contributed by atoms with E-state index in [0.717, 1.165) is 5.56 Å². The number of carbonyl (C=O) groups is 2. The predicted molar refractivity (Wildman–Crippen MR) is 118 cm³/mol. The van der Waals surface area contributed by atoms with Crippen LogP contribution in [0.3, 0.4) is 0 Å². The summed E-state index contributed by atoms with van der Waals surface area (Å²) in [7, 11) is 0. The van der Waals surface area contributed by atoms with Gasteiger partial charge in [0.05, 0.1) is 6.42 Å². The first-order valence-corrected chi connectivity index (χ1v) is 10.9. The van der Waals surface area contributed by atoms with Crippen LogP contribution in [0.5, 0.6) is 11.5 Å². The average Bonchev–Trinajstić information content (AvgIpc) is 2.73. The first-order chi connectivity index (χ1) is 16.0. The zero-order valence-corrected chi connectivity index (χ0v) is 19.1. The largest absolute Gasteiger partial charge is 0.573 e. The number of halogens is 4. The third kappa shape index (κ3) is 7.53. The third-order valence-corrected chi connectivity index (χ3v) is 5.55. The molecule has 1 aliphatic rings. The average molecular weight is 501 g/mol. The molecule has 0 spiro atoms. The van der Waals surface area contributed by atoms with Crippen LogP contribution in [-0.4, -0.2) is 65.4 Å². The highest BCUT2D eigenvalue weighted by Crippen LogP contribution is 2.26. The van der Waals surface area contributed by atoms with Crippen LogP contribution >= 0.6 is 11.6 Å². The van der Waals surface area contributed by atoms with Crippen LogP contribution in [0.25, 0.3) is 0 Å². The van der Waals surface area contributed by atoms with Crippen LogP contribution < -0.4 is 9.47 Å². The normalized spacial score (nSPS) is 16.9. The van der Waals surface area contributed by atoms with E-state index in [1.54, 1.807) is 23.1 Å². The molecule has 0 bridgehead atoms. The molecule has 184 valence electrons. The fourth-order valence-electron chi connectivity index (χ4n) is 3.83. The maximum Gasteiger partial charge on any atom is 0.573 e. The highest BCUT2D eigenvalue weighted by molar-refractivity contribution is 6.30. The molecule has 1 unspecified atom stereocenters. The summed E-state index contributed by atoms with van der Waals surface area (Å²) in [4.78, 5) is 27.5. The van der Waals surface area contributed by atoms with Crippen molar-refractivity contribution in [3.63, 3.8) is 0 Å².